The molecule has 19 heavy (non-hydrogen) atoms. The molecule has 0 saturated carbocycles. The first-order chi connectivity index (χ1) is 9.24. The fraction of sp³-hybridized carbons (Fsp3) is 0.308. The first-order valence-electron chi connectivity index (χ1n) is 6.09. The standard InChI is InChI=1S/C13H16N4O2/c1-15-13(18)10-6-4-9(5-7-10)12-16-11(19-17-12)3-2-8-14/h4-7H,2-3,8,14H2,1H3,(H,15,18). The highest BCUT2D eigenvalue weighted by molar-refractivity contribution is 5.94. The van der Waals surface area contributed by atoms with Crippen LogP contribution >= 0.6 is 0 Å². The second-order valence-electron chi connectivity index (χ2n) is 4.06. The summed E-state index contributed by atoms with van der Waals surface area (Å²) in [5, 5.41) is 6.47. The largest absolute Gasteiger partial charge is 0.355 e. The van der Waals surface area contributed by atoms with Crippen LogP contribution in [0, 0.1) is 0 Å². The molecule has 0 unspecified atom stereocenters. The molecule has 0 aliphatic heterocycles. The number of nitrogens with zero attached hydrogens (tertiary/aromatic N) is 2. The van der Waals surface area contributed by atoms with E-state index in [1.807, 2.05) is 0 Å². The minimum absolute atomic E-state index is 0.122. The Morgan fingerprint density at radius 2 is 2.11 bits per heavy atom. The van der Waals surface area contributed by atoms with Crippen molar-refractivity contribution in [1.29, 1.82) is 0 Å². The smallest absolute Gasteiger partial charge is 0.251 e. The maximum atomic E-state index is 11.4. The van der Waals surface area contributed by atoms with Crippen molar-refractivity contribution >= 4 is 5.91 Å². The predicted octanol–water partition coefficient (Wildman–Crippen LogP) is 0.987. The first kappa shape index (κ1) is 13.2. The van der Waals surface area contributed by atoms with Gasteiger partial charge in [-0.2, -0.15) is 4.98 Å². The van der Waals surface area contributed by atoms with Crippen LogP contribution in [0.15, 0.2) is 28.8 Å². The third-order valence-corrected chi connectivity index (χ3v) is 2.70. The molecule has 100 valence electrons. The van der Waals surface area contributed by atoms with Crippen LogP contribution in [0.1, 0.15) is 22.7 Å². The Balaban J connectivity index is 2.13. The topological polar surface area (TPSA) is 94.0 Å². The number of aromatic nitrogens is 2. The maximum absolute atomic E-state index is 11.4. The third-order valence-electron chi connectivity index (χ3n) is 2.70. The molecule has 1 aromatic carbocycles. The number of benzene rings is 1. The van der Waals surface area contributed by atoms with Crippen molar-refractivity contribution in [3.63, 3.8) is 0 Å². The van der Waals surface area contributed by atoms with Crippen LogP contribution in [0.25, 0.3) is 11.4 Å². The highest BCUT2D eigenvalue weighted by Crippen LogP contribution is 2.17. The quantitative estimate of drug-likeness (QED) is 0.836. The van der Waals surface area contributed by atoms with Crippen LogP contribution in [0.2, 0.25) is 0 Å². The molecule has 0 aliphatic rings. The lowest BCUT2D eigenvalue weighted by Crippen LogP contribution is -2.17. The van der Waals surface area contributed by atoms with Gasteiger partial charge in [-0.3, -0.25) is 4.79 Å². The highest BCUT2D eigenvalue weighted by Gasteiger charge is 2.09. The molecular formula is C13H16N4O2. The molecule has 0 aliphatic carbocycles. The minimum atomic E-state index is -0.122. The van der Waals surface area contributed by atoms with Crippen molar-refractivity contribution in [2.24, 2.45) is 5.73 Å². The number of hydrogen-bond donors (Lipinski definition) is 2. The normalized spacial score (nSPS) is 10.4. The first-order valence-corrected chi connectivity index (χ1v) is 6.09. The van der Waals surface area contributed by atoms with Gasteiger partial charge in [0.25, 0.3) is 5.91 Å². The van der Waals surface area contributed by atoms with Crippen molar-refractivity contribution in [3.8, 4) is 11.4 Å². The number of nitrogens with one attached hydrogen (secondary N) is 1. The summed E-state index contributed by atoms with van der Waals surface area (Å²) in [6, 6.07) is 7.04. The van der Waals surface area contributed by atoms with Gasteiger partial charge in [0, 0.05) is 24.6 Å². The van der Waals surface area contributed by atoms with Gasteiger partial charge < -0.3 is 15.6 Å². The molecule has 0 atom stereocenters. The van der Waals surface area contributed by atoms with E-state index in [0.717, 1.165) is 12.0 Å². The Kier molecular flexibility index (Phi) is 4.25. The zero-order chi connectivity index (χ0) is 13.7. The van der Waals surface area contributed by atoms with E-state index in [1.54, 1.807) is 31.3 Å². The second-order valence-corrected chi connectivity index (χ2v) is 4.06. The highest BCUT2D eigenvalue weighted by atomic mass is 16.5. The van der Waals surface area contributed by atoms with Crippen LogP contribution in [0.5, 0.6) is 0 Å². The average Bonchev–Trinajstić information content (AvgIpc) is 2.93. The van der Waals surface area contributed by atoms with Gasteiger partial charge in [0.05, 0.1) is 0 Å². The summed E-state index contributed by atoms with van der Waals surface area (Å²) in [6.07, 6.45) is 1.50. The zero-order valence-electron chi connectivity index (χ0n) is 10.7. The van der Waals surface area contributed by atoms with E-state index in [4.69, 9.17) is 10.3 Å². The van der Waals surface area contributed by atoms with Gasteiger partial charge in [0.1, 0.15) is 0 Å². The summed E-state index contributed by atoms with van der Waals surface area (Å²) in [4.78, 5) is 15.7. The molecule has 1 heterocycles. The molecule has 0 bridgehead atoms. The van der Waals surface area contributed by atoms with Gasteiger partial charge in [0.2, 0.25) is 11.7 Å². The summed E-state index contributed by atoms with van der Waals surface area (Å²) in [6.45, 7) is 0.596. The van der Waals surface area contributed by atoms with E-state index in [-0.39, 0.29) is 5.91 Å². The van der Waals surface area contributed by atoms with Crippen molar-refractivity contribution < 1.29 is 9.32 Å². The summed E-state index contributed by atoms with van der Waals surface area (Å²) in [5.74, 6) is 0.981. The number of aryl methyl sites for hydroxylation is 1. The molecule has 0 radical (unpaired) electrons. The summed E-state index contributed by atoms with van der Waals surface area (Å²) in [5.41, 5.74) is 6.84. The molecule has 1 aromatic heterocycles. The maximum Gasteiger partial charge on any atom is 0.251 e. The van der Waals surface area contributed by atoms with Crippen molar-refractivity contribution in [1.82, 2.24) is 15.5 Å². The van der Waals surface area contributed by atoms with Gasteiger partial charge >= 0.3 is 0 Å². The van der Waals surface area contributed by atoms with Crippen LogP contribution in [0.3, 0.4) is 0 Å². The number of nitrogens with two attached hydrogens (primary N) is 1. The van der Waals surface area contributed by atoms with Gasteiger partial charge in [-0.1, -0.05) is 17.3 Å². The van der Waals surface area contributed by atoms with Crippen molar-refractivity contribution in [3.05, 3.63) is 35.7 Å². The lowest BCUT2D eigenvalue weighted by Gasteiger charge is -1.99. The molecule has 6 heteroatoms. The molecule has 3 N–H and O–H groups in total. The molecule has 1 amide bonds. The summed E-state index contributed by atoms with van der Waals surface area (Å²) >= 11 is 0. The predicted molar refractivity (Wildman–Crippen MR) is 70.5 cm³/mol. The van der Waals surface area contributed by atoms with Crippen LogP contribution in [0.4, 0.5) is 0 Å². The minimum Gasteiger partial charge on any atom is -0.355 e. The van der Waals surface area contributed by atoms with E-state index in [9.17, 15) is 4.79 Å². The number of rotatable bonds is 5. The Morgan fingerprint density at radius 3 is 2.74 bits per heavy atom. The number of carbonyl (C=O) groups excluding carboxylic acids is 1. The van der Waals surface area contributed by atoms with Crippen LogP contribution < -0.4 is 11.1 Å². The van der Waals surface area contributed by atoms with Gasteiger partial charge in [-0.15, -0.1) is 0 Å². The number of hydrogen-bond acceptors (Lipinski definition) is 5. The SMILES string of the molecule is CNC(=O)c1ccc(-c2noc(CCCN)n2)cc1. The average molecular weight is 260 g/mol. The molecule has 0 spiro atoms. The van der Waals surface area contributed by atoms with Gasteiger partial charge in [-0.25, -0.2) is 0 Å². The Labute approximate surface area is 111 Å². The molecule has 0 fully saturated rings. The van der Waals surface area contributed by atoms with E-state index in [0.29, 0.717) is 30.2 Å². The summed E-state index contributed by atoms with van der Waals surface area (Å²) in [7, 11) is 1.60. The number of amides is 1. The van der Waals surface area contributed by atoms with Crippen LogP contribution in [-0.2, 0) is 6.42 Å². The lowest BCUT2D eigenvalue weighted by molar-refractivity contribution is 0.0963. The Morgan fingerprint density at radius 1 is 1.37 bits per heavy atom. The lowest BCUT2D eigenvalue weighted by atomic mass is 10.1. The van der Waals surface area contributed by atoms with Crippen LogP contribution in [-0.4, -0.2) is 29.6 Å². The Bertz CT molecular complexity index is 548. The van der Waals surface area contributed by atoms with Gasteiger partial charge in [-0.05, 0) is 25.1 Å². The Hall–Kier alpha value is -2.21. The second kappa shape index (κ2) is 6.10. The zero-order valence-corrected chi connectivity index (χ0v) is 10.7. The van der Waals surface area contributed by atoms with E-state index in [1.165, 1.54) is 0 Å². The molecule has 2 aromatic rings. The fourth-order valence-electron chi connectivity index (χ4n) is 1.64. The summed E-state index contributed by atoms with van der Waals surface area (Å²) < 4.78 is 5.12. The molecular weight excluding hydrogens is 244 g/mol. The van der Waals surface area contributed by atoms with E-state index < -0.39 is 0 Å². The van der Waals surface area contributed by atoms with E-state index in [2.05, 4.69) is 15.5 Å². The monoisotopic (exact) mass is 260 g/mol. The third kappa shape index (κ3) is 3.17. The number of carbonyl (C=O) groups is 1. The van der Waals surface area contributed by atoms with Crippen molar-refractivity contribution in [2.75, 3.05) is 13.6 Å². The molecule has 2 rings (SSSR count). The molecule has 0 saturated heterocycles. The fourth-order valence-corrected chi connectivity index (χ4v) is 1.64. The molecule has 6 nitrogen and oxygen atoms in total. The van der Waals surface area contributed by atoms with E-state index >= 15 is 0 Å². The van der Waals surface area contributed by atoms with Gasteiger partial charge in [0.15, 0.2) is 0 Å². The van der Waals surface area contributed by atoms with Crippen molar-refractivity contribution in [2.45, 2.75) is 12.8 Å².